The third-order valence-electron chi connectivity index (χ3n) is 2.83. The number of carbonyl (C=O) groups excluding carboxylic acids is 1. The summed E-state index contributed by atoms with van der Waals surface area (Å²) in [5.74, 6) is -0.104. The van der Waals surface area contributed by atoms with Crippen molar-refractivity contribution in [2.45, 2.75) is 37.8 Å². The summed E-state index contributed by atoms with van der Waals surface area (Å²) < 4.78 is 5.39. The lowest BCUT2D eigenvalue weighted by molar-refractivity contribution is -0.151. The summed E-state index contributed by atoms with van der Waals surface area (Å²) >= 11 is 0. The first kappa shape index (κ1) is 12.5. The molecule has 1 rings (SSSR count). The number of carbonyl (C=O) groups is 1. The Morgan fingerprint density at radius 3 is 2.40 bits per heavy atom. The number of esters is 1. The molecule has 1 N–H and O–H groups in total. The van der Waals surface area contributed by atoms with Crippen LogP contribution < -0.4 is 5.32 Å². The van der Waals surface area contributed by atoms with Crippen LogP contribution in [-0.4, -0.2) is 50.7 Å². The highest BCUT2D eigenvalue weighted by atomic mass is 16.5. The van der Waals surface area contributed by atoms with Gasteiger partial charge in [0.2, 0.25) is 0 Å². The Hall–Kier alpha value is -0.610. The first-order valence-electron chi connectivity index (χ1n) is 5.63. The quantitative estimate of drug-likeness (QED) is 0.697. The van der Waals surface area contributed by atoms with Crippen molar-refractivity contribution in [3.8, 4) is 0 Å². The molecule has 15 heavy (non-hydrogen) atoms. The number of nitrogens with one attached hydrogen (secondary N) is 1. The van der Waals surface area contributed by atoms with Crippen molar-refractivity contribution in [3.05, 3.63) is 0 Å². The third-order valence-corrected chi connectivity index (χ3v) is 2.83. The molecule has 0 unspecified atom stereocenters. The lowest BCUT2D eigenvalue weighted by Crippen LogP contribution is -2.35. The van der Waals surface area contributed by atoms with E-state index in [4.69, 9.17) is 4.74 Å². The van der Waals surface area contributed by atoms with Crippen LogP contribution in [-0.2, 0) is 9.53 Å². The minimum Gasteiger partial charge on any atom is -0.461 e. The minimum absolute atomic E-state index is 0.104. The zero-order chi connectivity index (χ0) is 11.3. The van der Waals surface area contributed by atoms with E-state index in [1.165, 1.54) is 0 Å². The van der Waals surface area contributed by atoms with Crippen LogP contribution in [0.4, 0.5) is 0 Å². The molecule has 0 amide bonds. The summed E-state index contributed by atoms with van der Waals surface area (Å²) in [5.41, 5.74) is 0. The van der Waals surface area contributed by atoms with Crippen LogP contribution in [0.5, 0.6) is 0 Å². The molecule has 1 aliphatic rings. The first-order valence-corrected chi connectivity index (χ1v) is 5.63. The Bertz CT molecular complexity index is 199. The molecule has 1 saturated carbocycles. The van der Waals surface area contributed by atoms with Gasteiger partial charge in [-0.05, 0) is 46.8 Å². The van der Waals surface area contributed by atoms with E-state index in [2.05, 4.69) is 5.32 Å². The first-order chi connectivity index (χ1) is 7.11. The second-order valence-corrected chi connectivity index (χ2v) is 4.49. The molecule has 4 nitrogen and oxygen atoms in total. The van der Waals surface area contributed by atoms with Gasteiger partial charge in [-0.15, -0.1) is 0 Å². The molecule has 0 atom stereocenters. The smallest absolute Gasteiger partial charge is 0.320 e. The Kier molecular flexibility index (Phi) is 5.05. The fourth-order valence-corrected chi connectivity index (χ4v) is 1.95. The second kappa shape index (κ2) is 6.08. The van der Waals surface area contributed by atoms with Crippen molar-refractivity contribution in [2.75, 3.05) is 27.7 Å². The predicted octanol–water partition coefficient (Wildman–Crippen LogP) is 0.622. The van der Waals surface area contributed by atoms with E-state index in [0.29, 0.717) is 12.6 Å². The molecule has 0 aromatic heterocycles. The number of ether oxygens (including phenoxy) is 1. The molecule has 4 heteroatoms. The van der Waals surface area contributed by atoms with Crippen molar-refractivity contribution >= 4 is 5.97 Å². The summed E-state index contributed by atoms with van der Waals surface area (Å²) in [7, 11) is 5.74. The van der Waals surface area contributed by atoms with E-state index in [0.717, 1.165) is 25.7 Å². The van der Waals surface area contributed by atoms with Crippen LogP contribution in [0.1, 0.15) is 25.7 Å². The van der Waals surface area contributed by atoms with E-state index in [1.807, 2.05) is 26.0 Å². The summed E-state index contributed by atoms with van der Waals surface area (Å²) in [6.45, 7) is 0.381. The summed E-state index contributed by atoms with van der Waals surface area (Å²) in [6, 6.07) is 0.605. The molecule has 0 aromatic rings. The van der Waals surface area contributed by atoms with Crippen LogP contribution in [0, 0.1) is 0 Å². The summed E-state index contributed by atoms with van der Waals surface area (Å²) in [4.78, 5) is 13.2. The number of hydrogen-bond donors (Lipinski definition) is 1. The highest BCUT2D eigenvalue weighted by molar-refractivity contribution is 5.71. The Balaban J connectivity index is 2.20. The van der Waals surface area contributed by atoms with E-state index < -0.39 is 0 Å². The zero-order valence-corrected chi connectivity index (χ0v) is 9.95. The van der Waals surface area contributed by atoms with Gasteiger partial charge in [-0.3, -0.25) is 9.69 Å². The number of rotatable bonds is 4. The molecule has 1 fully saturated rings. The largest absolute Gasteiger partial charge is 0.461 e. The second-order valence-electron chi connectivity index (χ2n) is 4.49. The minimum atomic E-state index is -0.104. The molecule has 0 radical (unpaired) electrons. The SMILES string of the molecule is CNC1CCC(OC(=O)CN(C)C)CC1. The molecule has 0 bridgehead atoms. The molecule has 88 valence electrons. The van der Waals surface area contributed by atoms with Crippen LogP contribution in [0.25, 0.3) is 0 Å². The van der Waals surface area contributed by atoms with Crippen LogP contribution in [0.3, 0.4) is 0 Å². The maximum Gasteiger partial charge on any atom is 0.320 e. The van der Waals surface area contributed by atoms with Gasteiger partial charge in [-0.2, -0.15) is 0 Å². The standard InChI is InChI=1S/C11H22N2O2/c1-12-9-4-6-10(7-5-9)15-11(14)8-13(2)3/h9-10,12H,4-8H2,1-3H3. The number of nitrogens with zero attached hydrogens (tertiary/aromatic N) is 1. The van der Waals surface area contributed by atoms with E-state index in [-0.39, 0.29) is 12.1 Å². The van der Waals surface area contributed by atoms with Crippen LogP contribution in [0.2, 0.25) is 0 Å². The van der Waals surface area contributed by atoms with Gasteiger partial charge < -0.3 is 10.1 Å². The van der Waals surface area contributed by atoms with Crippen LogP contribution >= 0.6 is 0 Å². The van der Waals surface area contributed by atoms with Gasteiger partial charge in [0, 0.05) is 6.04 Å². The maximum absolute atomic E-state index is 11.4. The molecular weight excluding hydrogens is 192 g/mol. The van der Waals surface area contributed by atoms with Crippen molar-refractivity contribution < 1.29 is 9.53 Å². The zero-order valence-electron chi connectivity index (χ0n) is 9.95. The molecule has 1 aliphatic carbocycles. The third kappa shape index (κ3) is 4.62. The number of hydrogen-bond acceptors (Lipinski definition) is 4. The highest BCUT2D eigenvalue weighted by Gasteiger charge is 2.22. The summed E-state index contributed by atoms with van der Waals surface area (Å²) in [6.07, 6.45) is 4.34. The average Bonchev–Trinajstić information content (AvgIpc) is 2.17. The van der Waals surface area contributed by atoms with Gasteiger partial charge in [0.1, 0.15) is 6.10 Å². The Morgan fingerprint density at radius 1 is 1.33 bits per heavy atom. The lowest BCUT2D eigenvalue weighted by atomic mass is 9.93. The fourth-order valence-electron chi connectivity index (χ4n) is 1.95. The van der Waals surface area contributed by atoms with Gasteiger partial charge in [-0.1, -0.05) is 0 Å². The molecule has 0 aliphatic heterocycles. The topological polar surface area (TPSA) is 41.6 Å². The average molecular weight is 214 g/mol. The fraction of sp³-hybridized carbons (Fsp3) is 0.909. The molecule has 0 heterocycles. The van der Waals surface area contributed by atoms with E-state index >= 15 is 0 Å². The van der Waals surface area contributed by atoms with Crippen molar-refractivity contribution in [3.63, 3.8) is 0 Å². The lowest BCUT2D eigenvalue weighted by Gasteiger charge is -2.28. The highest BCUT2D eigenvalue weighted by Crippen LogP contribution is 2.20. The van der Waals surface area contributed by atoms with Crippen LogP contribution in [0.15, 0.2) is 0 Å². The maximum atomic E-state index is 11.4. The van der Waals surface area contributed by atoms with Crippen molar-refractivity contribution in [2.24, 2.45) is 0 Å². The van der Waals surface area contributed by atoms with Crippen molar-refractivity contribution in [1.29, 1.82) is 0 Å². The molecule has 0 spiro atoms. The van der Waals surface area contributed by atoms with Gasteiger partial charge in [0.05, 0.1) is 6.54 Å². The van der Waals surface area contributed by atoms with Gasteiger partial charge in [0.25, 0.3) is 0 Å². The van der Waals surface area contributed by atoms with Gasteiger partial charge in [-0.25, -0.2) is 0 Å². The van der Waals surface area contributed by atoms with Gasteiger partial charge in [0.15, 0.2) is 0 Å². The normalized spacial score (nSPS) is 26.7. The van der Waals surface area contributed by atoms with E-state index in [9.17, 15) is 4.79 Å². The van der Waals surface area contributed by atoms with E-state index in [1.54, 1.807) is 0 Å². The Morgan fingerprint density at radius 2 is 1.93 bits per heavy atom. The molecular formula is C11H22N2O2. The monoisotopic (exact) mass is 214 g/mol. The van der Waals surface area contributed by atoms with Crippen molar-refractivity contribution in [1.82, 2.24) is 10.2 Å². The molecule has 0 saturated heterocycles. The van der Waals surface area contributed by atoms with Gasteiger partial charge >= 0.3 is 5.97 Å². The predicted molar refractivity (Wildman–Crippen MR) is 59.7 cm³/mol. The Labute approximate surface area is 92.0 Å². The number of likely N-dealkylation sites (N-methyl/N-ethyl adjacent to an activating group) is 1. The summed E-state index contributed by atoms with van der Waals surface area (Å²) in [5, 5.41) is 3.26. The molecule has 0 aromatic carbocycles.